The molecule has 0 aliphatic rings. The summed E-state index contributed by atoms with van der Waals surface area (Å²) in [6, 6.07) is 6.21. The number of aromatic amines is 1. The summed E-state index contributed by atoms with van der Waals surface area (Å²) >= 11 is 3.31. The number of rotatable bonds is 1. The number of imidazole rings is 1. The van der Waals surface area contributed by atoms with Crippen molar-refractivity contribution in [2.24, 2.45) is 0 Å². The fourth-order valence-electron chi connectivity index (χ4n) is 1.09. The first kappa shape index (κ1) is 8.44. The number of hydrogen-bond donors (Lipinski definition) is 1. The van der Waals surface area contributed by atoms with Crippen molar-refractivity contribution in [3.63, 3.8) is 0 Å². The van der Waals surface area contributed by atoms with E-state index in [0.717, 1.165) is 15.9 Å². The predicted molar refractivity (Wildman–Crippen MR) is 51.7 cm³/mol. The third kappa shape index (κ3) is 1.62. The molecule has 66 valence electrons. The van der Waals surface area contributed by atoms with Gasteiger partial charge in [-0.05, 0) is 40.2 Å². The molecule has 1 aromatic carbocycles. The van der Waals surface area contributed by atoms with Crippen LogP contribution in [0.2, 0.25) is 0 Å². The first-order valence-electron chi connectivity index (χ1n) is 3.72. The van der Waals surface area contributed by atoms with Gasteiger partial charge in [-0.15, -0.1) is 0 Å². The Balaban J connectivity index is 2.47. The second-order valence-corrected chi connectivity index (χ2v) is 3.37. The molecule has 2 aromatic rings. The highest BCUT2D eigenvalue weighted by atomic mass is 79.9. The van der Waals surface area contributed by atoms with E-state index in [1.54, 1.807) is 18.5 Å². The lowest BCUT2D eigenvalue weighted by atomic mass is 10.2. The lowest BCUT2D eigenvalue weighted by Gasteiger charge is -1.96. The Morgan fingerprint density at radius 3 is 2.46 bits per heavy atom. The summed E-state index contributed by atoms with van der Waals surface area (Å²) in [4.78, 5) is 6.98. The average molecular weight is 241 g/mol. The fraction of sp³-hybridized carbons (Fsp3) is 0. The molecule has 0 radical (unpaired) electrons. The van der Waals surface area contributed by atoms with E-state index in [-0.39, 0.29) is 5.82 Å². The summed E-state index contributed by atoms with van der Waals surface area (Å²) in [6.07, 6.45) is 1.59. The molecular formula is C9H6BrFN2. The molecule has 1 aromatic heterocycles. The predicted octanol–water partition coefficient (Wildman–Crippen LogP) is 2.98. The molecule has 0 unspecified atom stereocenters. The van der Waals surface area contributed by atoms with Gasteiger partial charge >= 0.3 is 0 Å². The summed E-state index contributed by atoms with van der Waals surface area (Å²) in [5.74, 6) is -0.240. The van der Waals surface area contributed by atoms with Crippen LogP contribution < -0.4 is 0 Å². The normalized spacial score (nSPS) is 10.3. The van der Waals surface area contributed by atoms with Crippen molar-refractivity contribution in [1.29, 1.82) is 0 Å². The number of H-pyrrole nitrogens is 1. The van der Waals surface area contributed by atoms with Crippen molar-refractivity contribution in [2.45, 2.75) is 0 Å². The molecule has 0 aliphatic carbocycles. The molecule has 2 rings (SSSR count). The van der Waals surface area contributed by atoms with Crippen molar-refractivity contribution in [1.82, 2.24) is 9.97 Å². The maximum atomic E-state index is 12.6. The molecule has 0 atom stereocenters. The first-order valence-corrected chi connectivity index (χ1v) is 4.51. The molecule has 2 nitrogen and oxygen atoms in total. The Labute approximate surface area is 83.0 Å². The standard InChI is InChI=1S/C9H6BrFN2/c10-9-8(12-5-13-9)6-1-3-7(11)4-2-6/h1-5H,(H,12,13). The van der Waals surface area contributed by atoms with Crippen LogP contribution in [-0.4, -0.2) is 9.97 Å². The van der Waals surface area contributed by atoms with Crippen molar-refractivity contribution < 1.29 is 4.39 Å². The van der Waals surface area contributed by atoms with Crippen LogP contribution in [0.25, 0.3) is 11.3 Å². The Kier molecular flexibility index (Phi) is 2.14. The molecule has 0 amide bonds. The monoisotopic (exact) mass is 240 g/mol. The molecule has 0 saturated carbocycles. The number of nitrogens with one attached hydrogen (secondary N) is 1. The van der Waals surface area contributed by atoms with E-state index in [0.29, 0.717) is 0 Å². The number of aromatic nitrogens is 2. The number of halogens is 2. The van der Waals surface area contributed by atoms with Crippen LogP contribution in [0.15, 0.2) is 35.2 Å². The number of hydrogen-bond acceptors (Lipinski definition) is 1. The molecule has 0 saturated heterocycles. The summed E-state index contributed by atoms with van der Waals surface area (Å²) in [6.45, 7) is 0. The largest absolute Gasteiger partial charge is 0.339 e. The van der Waals surface area contributed by atoms with E-state index in [1.165, 1.54) is 12.1 Å². The van der Waals surface area contributed by atoms with E-state index in [4.69, 9.17) is 0 Å². The van der Waals surface area contributed by atoms with Crippen LogP contribution in [0.5, 0.6) is 0 Å². The minimum absolute atomic E-state index is 0.240. The lowest BCUT2D eigenvalue weighted by Crippen LogP contribution is -1.79. The van der Waals surface area contributed by atoms with Crippen LogP contribution in [0.1, 0.15) is 0 Å². The first-order chi connectivity index (χ1) is 6.27. The highest BCUT2D eigenvalue weighted by molar-refractivity contribution is 9.10. The van der Waals surface area contributed by atoms with Gasteiger partial charge in [-0.3, -0.25) is 0 Å². The molecule has 13 heavy (non-hydrogen) atoms. The van der Waals surface area contributed by atoms with E-state index < -0.39 is 0 Å². The van der Waals surface area contributed by atoms with Crippen LogP contribution in [0.3, 0.4) is 0 Å². The topological polar surface area (TPSA) is 28.7 Å². The highest BCUT2D eigenvalue weighted by Gasteiger charge is 2.04. The van der Waals surface area contributed by atoms with E-state index in [1.807, 2.05) is 0 Å². The zero-order chi connectivity index (χ0) is 9.26. The Morgan fingerprint density at radius 2 is 1.92 bits per heavy atom. The van der Waals surface area contributed by atoms with Gasteiger partial charge in [0.2, 0.25) is 0 Å². The zero-order valence-corrected chi connectivity index (χ0v) is 8.18. The van der Waals surface area contributed by atoms with Gasteiger partial charge in [-0.25, -0.2) is 9.37 Å². The van der Waals surface area contributed by atoms with Gasteiger partial charge in [0, 0.05) is 5.56 Å². The second kappa shape index (κ2) is 3.30. The van der Waals surface area contributed by atoms with Crippen LogP contribution in [0.4, 0.5) is 4.39 Å². The summed E-state index contributed by atoms with van der Waals surface area (Å²) in [5, 5.41) is 0. The van der Waals surface area contributed by atoms with Gasteiger partial charge in [-0.2, -0.15) is 0 Å². The summed E-state index contributed by atoms with van der Waals surface area (Å²) < 4.78 is 13.4. The van der Waals surface area contributed by atoms with Crippen molar-refractivity contribution in [2.75, 3.05) is 0 Å². The third-order valence-electron chi connectivity index (χ3n) is 1.71. The molecule has 0 aliphatic heterocycles. The van der Waals surface area contributed by atoms with E-state index in [2.05, 4.69) is 25.9 Å². The maximum Gasteiger partial charge on any atom is 0.123 e. The highest BCUT2D eigenvalue weighted by Crippen LogP contribution is 2.24. The smallest absolute Gasteiger partial charge is 0.123 e. The van der Waals surface area contributed by atoms with E-state index in [9.17, 15) is 4.39 Å². The van der Waals surface area contributed by atoms with Gasteiger partial charge in [0.15, 0.2) is 0 Å². The summed E-state index contributed by atoms with van der Waals surface area (Å²) in [5.41, 5.74) is 1.68. The van der Waals surface area contributed by atoms with Crippen molar-refractivity contribution in [3.8, 4) is 11.3 Å². The molecule has 4 heteroatoms. The minimum atomic E-state index is -0.240. The molecule has 0 fully saturated rings. The zero-order valence-electron chi connectivity index (χ0n) is 6.59. The van der Waals surface area contributed by atoms with Gasteiger partial charge in [0.1, 0.15) is 16.1 Å². The average Bonchev–Trinajstić information content (AvgIpc) is 2.53. The van der Waals surface area contributed by atoms with Gasteiger partial charge in [0.25, 0.3) is 0 Å². The van der Waals surface area contributed by atoms with Crippen LogP contribution >= 0.6 is 15.9 Å². The SMILES string of the molecule is Fc1ccc(-c2nc[nH]c2Br)cc1. The van der Waals surface area contributed by atoms with Crippen LogP contribution in [0, 0.1) is 5.82 Å². The van der Waals surface area contributed by atoms with Crippen LogP contribution in [-0.2, 0) is 0 Å². The number of benzene rings is 1. The van der Waals surface area contributed by atoms with Gasteiger partial charge in [0.05, 0.1) is 6.33 Å². The Bertz CT molecular complexity index is 408. The van der Waals surface area contributed by atoms with Gasteiger partial charge in [-0.1, -0.05) is 0 Å². The molecule has 0 spiro atoms. The van der Waals surface area contributed by atoms with Crippen molar-refractivity contribution >= 4 is 15.9 Å². The molecular weight excluding hydrogens is 235 g/mol. The maximum absolute atomic E-state index is 12.6. The molecule has 0 bridgehead atoms. The minimum Gasteiger partial charge on any atom is -0.339 e. The van der Waals surface area contributed by atoms with Gasteiger partial charge < -0.3 is 4.98 Å². The summed E-state index contributed by atoms with van der Waals surface area (Å²) in [7, 11) is 0. The van der Waals surface area contributed by atoms with E-state index >= 15 is 0 Å². The number of nitrogens with zero attached hydrogens (tertiary/aromatic N) is 1. The molecule has 1 heterocycles. The lowest BCUT2D eigenvalue weighted by molar-refractivity contribution is 0.628. The Hall–Kier alpha value is -1.16. The third-order valence-corrected chi connectivity index (χ3v) is 2.31. The molecule has 1 N–H and O–H groups in total. The Morgan fingerprint density at radius 1 is 1.23 bits per heavy atom. The van der Waals surface area contributed by atoms with Crippen molar-refractivity contribution in [3.05, 3.63) is 41.0 Å². The fourth-order valence-corrected chi connectivity index (χ4v) is 1.52. The second-order valence-electron chi connectivity index (χ2n) is 2.57. The quantitative estimate of drug-likeness (QED) is 0.816.